The first-order valence-electron chi connectivity index (χ1n) is 4.96. The van der Waals surface area contributed by atoms with Gasteiger partial charge in [0.2, 0.25) is 0 Å². The van der Waals surface area contributed by atoms with Crippen LogP contribution in [0.15, 0.2) is 24.3 Å². The quantitative estimate of drug-likeness (QED) is 0.727. The molecule has 1 aromatic carbocycles. The van der Waals surface area contributed by atoms with E-state index in [0.29, 0.717) is 18.1 Å². The number of rotatable bonds is 4. The van der Waals surface area contributed by atoms with Crippen LogP contribution in [0.1, 0.15) is 18.4 Å². The normalized spacial score (nSPS) is 15.2. The van der Waals surface area contributed by atoms with Gasteiger partial charge in [0.25, 0.3) is 0 Å². The van der Waals surface area contributed by atoms with Crippen molar-refractivity contribution in [3.63, 3.8) is 0 Å². The number of hydrogen-bond donors (Lipinski definition) is 0. The highest BCUT2D eigenvalue weighted by molar-refractivity contribution is 5.85. The maximum absolute atomic E-state index is 11.6. The van der Waals surface area contributed by atoms with E-state index in [1.807, 2.05) is 24.3 Å². The van der Waals surface area contributed by atoms with E-state index in [4.69, 9.17) is 4.74 Å². The van der Waals surface area contributed by atoms with Gasteiger partial charge in [-0.3, -0.25) is 4.79 Å². The highest BCUT2D eigenvalue weighted by Crippen LogP contribution is 2.32. The second-order valence-electron chi connectivity index (χ2n) is 3.73. The minimum atomic E-state index is 0.333. The Balaban J connectivity index is 2.10. The Bertz CT molecular complexity index is 340. The zero-order chi connectivity index (χ0) is 9.97. The van der Waals surface area contributed by atoms with Crippen LogP contribution in [0.25, 0.3) is 0 Å². The van der Waals surface area contributed by atoms with E-state index in [-0.39, 0.29) is 0 Å². The molecule has 2 heteroatoms. The molecular weight excluding hydrogens is 176 g/mol. The summed E-state index contributed by atoms with van der Waals surface area (Å²) >= 11 is 0. The minimum Gasteiger partial charge on any atom is -0.496 e. The number of para-hydroxylation sites is 1. The Hall–Kier alpha value is -1.31. The smallest absolute Gasteiger partial charge is 0.140 e. The lowest BCUT2D eigenvalue weighted by molar-refractivity contribution is -0.119. The van der Waals surface area contributed by atoms with Crippen LogP contribution in [0.3, 0.4) is 0 Å². The summed E-state index contributed by atoms with van der Waals surface area (Å²) in [5.41, 5.74) is 1.01. The molecule has 0 amide bonds. The van der Waals surface area contributed by atoms with Crippen LogP contribution >= 0.6 is 0 Å². The topological polar surface area (TPSA) is 26.3 Å². The molecule has 1 aliphatic rings. The third kappa shape index (κ3) is 1.95. The summed E-state index contributed by atoms with van der Waals surface area (Å²) in [7, 11) is 1.64. The van der Waals surface area contributed by atoms with Crippen LogP contribution in [0.5, 0.6) is 5.75 Å². The molecule has 2 nitrogen and oxygen atoms in total. The standard InChI is InChI=1S/C12H14O2/c1-14-12-5-3-2-4-10(12)8-11(13)9-6-7-9/h2-5,9H,6-8H2,1H3. The minimum absolute atomic E-state index is 0.333. The molecule has 1 aliphatic carbocycles. The van der Waals surface area contributed by atoms with Gasteiger partial charge in [-0.2, -0.15) is 0 Å². The maximum Gasteiger partial charge on any atom is 0.140 e. The molecule has 0 radical (unpaired) electrons. The number of methoxy groups -OCH3 is 1. The number of carbonyl (C=O) groups is 1. The van der Waals surface area contributed by atoms with Crippen LogP contribution in [-0.4, -0.2) is 12.9 Å². The number of Topliss-reactive ketones (excluding diaryl/α,β-unsaturated/α-hetero) is 1. The molecule has 0 aromatic heterocycles. The third-order valence-electron chi connectivity index (χ3n) is 2.59. The van der Waals surface area contributed by atoms with Gasteiger partial charge in [-0.05, 0) is 18.9 Å². The molecule has 0 spiro atoms. The average molecular weight is 190 g/mol. The fraction of sp³-hybridized carbons (Fsp3) is 0.417. The first kappa shape index (κ1) is 9.25. The van der Waals surface area contributed by atoms with Gasteiger partial charge in [0.05, 0.1) is 7.11 Å². The van der Waals surface area contributed by atoms with Gasteiger partial charge in [-0.1, -0.05) is 18.2 Å². The molecular formula is C12H14O2. The summed E-state index contributed by atoms with van der Waals surface area (Å²) < 4.78 is 5.19. The number of ether oxygens (including phenoxy) is 1. The average Bonchev–Trinajstić information content (AvgIpc) is 3.02. The van der Waals surface area contributed by atoms with Gasteiger partial charge in [0, 0.05) is 17.9 Å². The monoisotopic (exact) mass is 190 g/mol. The van der Waals surface area contributed by atoms with Gasteiger partial charge in [-0.25, -0.2) is 0 Å². The summed E-state index contributed by atoms with van der Waals surface area (Å²) in [6.07, 6.45) is 2.68. The van der Waals surface area contributed by atoms with Crippen molar-refractivity contribution >= 4 is 5.78 Å². The Morgan fingerprint density at radius 2 is 2.14 bits per heavy atom. The largest absolute Gasteiger partial charge is 0.496 e. The van der Waals surface area contributed by atoms with Crippen molar-refractivity contribution < 1.29 is 9.53 Å². The first-order chi connectivity index (χ1) is 6.81. The van der Waals surface area contributed by atoms with E-state index < -0.39 is 0 Å². The van der Waals surface area contributed by atoms with E-state index in [2.05, 4.69) is 0 Å². The van der Waals surface area contributed by atoms with E-state index in [9.17, 15) is 4.79 Å². The molecule has 0 unspecified atom stereocenters. The highest BCUT2D eigenvalue weighted by atomic mass is 16.5. The Morgan fingerprint density at radius 3 is 2.79 bits per heavy atom. The van der Waals surface area contributed by atoms with Gasteiger partial charge < -0.3 is 4.74 Å². The molecule has 0 bridgehead atoms. The fourth-order valence-corrected chi connectivity index (χ4v) is 1.59. The summed E-state index contributed by atoms with van der Waals surface area (Å²) in [6.45, 7) is 0. The predicted octanol–water partition coefficient (Wildman–Crippen LogP) is 2.22. The van der Waals surface area contributed by atoms with Crippen LogP contribution in [-0.2, 0) is 11.2 Å². The molecule has 0 atom stereocenters. The third-order valence-corrected chi connectivity index (χ3v) is 2.59. The van der Waals surface area contributed by atoms with Crippen LogP contribution in [0.2, 0.25) is 0 Å². The lowest BCUT2D eigenvalue weighted by Crippen LogP contribution is -2.05. The first-order valence-corrected chi connectivity index (χ1v) is 4.96. The molecule has 0 heterocycles. The van der Waals surface area contributed by atoms with Crippen molar-refractivity contribution in [2.75, 3.05) is 7.11 Å². The molecule has 0 aliphatic heterocycles. The van der Waals surface area contributed by atoms with E-state index in [1.165, 1.54) is 0 Å². The Morgan fingerprint density at radius 1 is 1.43 bits per heavy atom. The second-order valence-corrected chi connectivity index (χ2v) is 3.73. The Kier molecular flexibility index (Phi) is 2.53. The zero-order valence-corrected chi connectivity index (χ0v) is 8.32. The van der Waals surface area contributed by atoms with Gasteiger partial charge in [0.1, 0.15) is 11.5 Å². The summed E-state index contributed by atoms with van der Waals surface area (Å²) in [5.74, 6) is 1.51. The van der Waals surface area contributed by atoms with Crippen LogP contribution in [0, 0.1) is 5.92 Å². The van der Waals surface area contributed by atoms with E-state index in [1.54, 1.807) is 7.11 Å². The molecule has 0 N–H and O–H groups in total. The molecule has 1 saturated carbocycles. The van der Waals surface area contributed by atoms with Gasteiger partial charge >= 0.3 is 0 Å². The number of carbonyl (C=O) groups excluding carboxylic acids is 1. The van der Waals surface area contributed by atoms with Gasteiger partial charge in [0.15, 0.2) is 0 Å². The SMILES string of the molecule is COc1ccccc1CC(=O)C1CC1. The number of benzene rings is 1. The van der Waals surface area contributed by atoms with E-state index >= 15 is 0 Å². The van der Waals surface area contributed by atoms with Crippen molar-refractivity contribution in [2.45, 2.75) is 19.3 Å². The number of ketones is 1. The second kappa shape index (κ2) is 3.82. The highest BCUT2D eigenvalue weighted by Gasteiger charge is 2.29. The van der Waals surface area contributed by atoms with Crippen molar-refractivity contribution in [1.82, 2.24) is 0 Å². The number of hydrogen-bond acceptors (Lipinski definition) is 2. The van der Waals surface area contributed by atoms with Crippen LogP contribution in [0.4, 0.5) is 0 Å². The molecule has 1 fully saturated rings. The summed E-state index contributed by atoms with van der Waals surface area (Å²) in [4.78, 5) is 11.6. The molecule has 2 rings (SSSR count). The van der Waals surface area contributed by atoms with Crippen LogP contribution < -0.4 is 4.74 Å². The summed E-state index contributed by atoms with van der Waals surface area (Å²) in [6, 6.07) is 7.72. The van der Waals surface area contributed by atoms with Crippen molar-refractivity contribution in [3.8, 4) is 5.75 Å². The fourth-order valence-electron chi connectivity index (χ4n) is 1.59. The molecule has 74 valence electrons. The Labute approximate surface area is 83.9 Å². The molecule has 14 heavy (non-hydrogen) atoms. The van der Waals surface area contributed by atoms with Gasteiger partial charge in [-0.15, -0.1) is 0 Å². The zero-order valence-electron chi connectivity index (χ0n) is 8.32. The molecule has 1 aromatic rings. The van der Waals surface area contributed by atoms with Crippen molar-refractivity contribution in [1.29, 1.82) is 0 Å². The molecule has 0 saturated heterocycles. The summed E-state index contributed by atoms with van der Waals surface area (Å²) in [5, 5.41) is 0. The van der Waals surface area contributed by atoms with E-state index in [0.717, 1.165) is 24.2 Å². The van der Waals surface area contributed by atoms with Crippen molar-refractivity contribution in [2.24, 2.45) is 5.92 Å². The predicted molar refractivity (Wildman–Crippen MR) is 54.4 cm³/mol. The lowest BCUT2D eigenvalue weighted by atomic mass is 10.1. The van der Waals surface area contributed by atoms with Crippen molar-refractivity contribution in [3.05, 3.63) is 29.8 Å². The lowest BCUT2D eigenvalue weighted by Gasteiger charge is -2.06. The maximum atomic E-state index is 11.6.